The first kappa shape index (κ1) is 28.2. The summed E-state index contributed by atoms with van der Waals surface area (Å²) in [6.07, 6.45) is 0. The lowest BCUT2D eigenvalue weighted by atomic mass is 9.67. The quantitative estimate of drug-likeness (QED) is 0.405. The lowest BCUT2D eigenvalue weighted by Crippen LogP contribution is -2.74. The molecule has 0 N–H and O–H groups in total. The van der Waals surface area contributed by atoms with Crippen molar-refractivity contribution in [3.63, 3.8) is 0 Å². The fraction of sp³-hybridized carbons (Fsp3) is 0.720. The number of hydrogen-bond donors (Lipinski definition) is 0. The van der Waals surface area contributed by atoms with E-state index in [0.29, 0.717) is 24.2 Å². The molecular weight excluding hydrogens is 392 g/mol. The Morgan fingerprint density at radius 2 is 1.16 bits per heavy atom. The topological polar surface area (TPSA) is 9.49 Å². The summed E-state index contributed by atoms with van der Waals surface area (Å²) in [7, 11) is 4.95. The van der Waals surface area contributed by atoms with Gasteiger partial charge in [-0.05, 0) is 50.1 Å². The Hall–Kier alpha value is -0.843. The normalized spacial score (nSPS) is 14.4. The van der Waals surface area contributed by atoms with Gasteiger partial charge in [-0.25, -0.2) is 0 Å². The van der Waals surface area contributed by atoms with Crippen molar-refractivity contribution in [2.45, 2.75) is 119 Å². The van der Waals surface area contributed by atoms with Crippen molar-refractivity contribution in [1.29, 1.82) is 0 Å². The highest BCUT2D eigenvalue weighted by atomic mass is 28.3. The molecule has 0 bridgehead atoms. The molecule has 0 aliphatic heterocycles. The summed E-state index contributed by atoms with van der Waals surface area (Å²) in [4.78, 5) is 5.33. The Bertz CT molecular complexity index is 686. The van der Waals surface area contributed by atoms with Gasteiger partial charge in [0.15, 0.2) is 8.07 Å². The lowest BCUT2D eigenvalue weighted by molar-refractivity contribution is -0.458. The Balaban J connectivity index is 4.07. The average Bonchev–Trinajstić information content (AvgIpc) is 2.60. The number of rotatable bonds is 9. The van der Waals surface area contributed by atoms with Gasteiger partial charge in [-0.15, -0.1) is 0 Å². The van der Waals surface area contributed by atoms with Gasteiger partial charge in [0.2, 0.25) is 0 Å². The van der Waals surface area contributed by atoms with Crippen molar-refractivity contribution in [2.24, 2.45) is 0 Å². The van der Waals surface area contributed by atoms with Crippen LogP contribution in [0.2, 0.25) is 13.1 Å². The van der Waals surface area contributed by atoms with E-state index in [0.717, 1.165) is 0 Å². The largest absolute Gasteiger partial charge is 0.579 e. The highest BCUT2D eigenvalue weighted by Crippen LogP contribution is 2.24. The molecule has 0 aliphatic rings. The van der Waals surface area contributed by atoms with Crippen molar-refractivity contribution >= 4 is 33.5 Å². The van der Waals surface area contributed by atoms with Crippen LogP contribution in [-0.4, -0.2) is 72.1 Å². The van der Waals surface area contributed by atoms with Crippen molar-refractivity contribution in [3.05, 3.63) is 30.3 Å². The summed E-state index contributed by atoms with van der Waals surface area (Å²) >= 11 is 0. The Morgan fingerprint density at radius 3 is 1.45 bits per heavy atom. The zero-order chi connectivity index (χ0) is 24.3. The summed E-state index contributed by atoms with van der Waals surface area (Å²) in [5, 5.41) is 2.81. The van der Waals surface area contributed by atoms with E-state index in [-0.39, 0.29) is 12.5 Å². The highest BCUT2D eigenvalue weighted by molar-refractivity contribution is 7.30. The first-order valence-corrected chi connectivity index (χ1v) is 15.1. The van der Waals surface area contributed by atoms with Crippen molar-refractivity contribution < 1.29 is 4.49 Å². The summed E-state index contributed by atoms with van der Waals surface area (Å²) in [6, 6.07) is 12.6. The molecule has 0 saturated heterocycles. The molecule has 0 unspecified atom stereocenters. The van der Waals surface area contributed by atoms with Crippen LogP contribution in [0.3, 0.4) is 0 Å². The van der Waals surface area contributed by atoms with Crippen molar-refractivity contribution in [1.82, 2.24) is 9.62 Å². The van der Waals surface area contributed by atoms with E-state index < -0.39 is 8.07 Å². The van der Waals surface area contributed by atoms with Crippen molar-refractivity contribution in [3.8, 4) is 0 Å². The minimum atomic E-state index is -2.12. The number of hydrogen-bond acceptors (Lipinski definition) is 2. The maximum absolute atomic E-state index is 7.07. The van der Waals surface area contributed by atoms with Gasteiger partial charge in [0.05, 0.1) is 0 Å². The lowest BCUT2D eigenvalue weighted by Gasteiger charge is -2.47. The minimum absolute atomic E-state index is 0.131. The van der Waals surface area contributed by atoms with E-state index in [9.17, 15) is 0 Å². The van der Waals surface area contributed by atoms with Crippen LogP contribution in [0.15, 0.2) is 30.3 Å². The average molecular weight is 440 g/mol. The van der Waals surface area contributed by atoms with E-state index in [1.54, 1.807) is 0 Å². The molecule has 31 heavy (non-hydrogen) atoms. The van der Waals surface area contributed by atoms with E-state index in [1.807, 2.05) is 0 Å². The summed E-state index contributed by atoms with van der Waals surface area (Å²) in [6.45, 7) is 30.3. The van der Waals surface area contributed by atoms with Gasteiger partial charge in [0, 0.05) is 0 Å². The summed E-state index contributed by atoms with van der Waals surface area (Å²) in [5.41, 5.74) is -0.175. The van der Waals surface area contributed by atoms with Crippen LogP contribution < -0.4 is 5.19 Å². The number of nitrogens with zero attached hydrogens (tertiary/aromatic N) is 3. The monoisotopic (exact) mass is 440 g/mol. The molecule has 0 spiro atoms. The molecule has 1 aromatic rings. The summed E-state index contributed by atoms with van der Waals surface area (Å²) in [5.74, 6) is 0. The molecule has 6 heteroatoms. The third-order valence-corrected chi connectivity index (χ3v) is 9.87. The smallest absolute Gasteiger partial charge is 0.330 e. The molecule has 0 aromatic heterocycles. The third kappa shape index (κ3) is 6.58. The van der Waals surface area contributed by atoms with Gasteiger partial charge in [-0.2, -0.15) is 0 Å². The van der Waals surface area contributed by atoms with E-state index >= 15 is 0 Å². The maximum Gasteiger partial charge on any atom is 0.579 e. The first-order valence-electron chi connectivity index (χ1n) is 12.1. The second kappa shape index (κ2) is 10.9. The van der Waals surface area contributed by atoms with Crippen LogP contribution in [0, 0.1) is 0 Å². The molecule has 0 fully saturated rings. The van der Waals surface area contributed by atoms with E-state index in [2.05, 4.69) is 134 Å². The standard InChI is InChI=1S/C25H48B2N3Si/c1-19(2)28(20(3)4)27(29(21(5)6)22(7)8)24(30(26)25(9,10)11)31(12,13)23-17-15-14-16-18-23/h14-22H,1-13H3/q+1/b30-24-. The van der Waals surface area contributed by atoms with Gasteiger partial charge in [-0.1, -0.05) is 98.8 Å². The SMILES string of the molecule is [B]/[N+](=C(/B(N(C(C)C)C(C)C)N(C(C)C)C(C)C)[Si](C)(C)c1ccccc1)C(C)(C)C. The molecule has 0 aliphatic carbocycles. The molecule has 0 heterocycles. The van der Waals surface area contributed by atoms with Gasteiger partial charge < -0.3 is 14.1 Å². The van der Waals surface area contributed by atoms with Crippen LogP contribution in [0.5, 0.6) is 0 Å². The number of benzene rings is 1. The molecule has 1 rings (SSSR count). The molecule has 0 amide bonds. The molecule has 0 saturated carbocycles. The molecule has 1 aromatic carbocycles. The van der Waals surface area contributed by atoms with Gasteiger partial charge in [-0.3, -0.25) is 0 Å². The van der Waals surface area contributed by atoms with Crippen LogP contribution in [0.25, 0.3) is 0 Å². The predicted molar refractivity (Wildman–Crippen MR) is 144 cm³/mol. The Kier molecular flexibility index (Phi) is 9.87. The van der Waals surface area contributed by atoms with Crippen LogP contribution >= 0.6 is 0 Å². The zero-order valence-electron chi connectivity index (χ0n) is 22.7. The summed E-state index contributed by atoms with van der Waals surface area (Å²) < 4.78 is 2.12. The van der Waals surface area contributed by atoms with Crippen molar-refractivity contribution in [2.75, 3.05) is 0 Å². The predicted octanol–water partition coefficient (Wildman–Crippen LogP) is 4.74. The van der Waals surface area contributed by atoms with Gasteiger partial charge in [0.25, 0.3) is 0 Å². The second-order valence-electron chi connectivity index (χ2n) is 11.6. The minimum Gasteiger partial charge on any atom is -0.330 e. The first-order chi connectivity index (χ1) is 14.0. The highest BCUT2D eigenvalue weighted by Gasteiger charge is 2.52. The Labute approximate surface area is 196 Å². The zero-order valence-corrected chi connectivity index (χ0v) is 23.7. The van der Waals surface area contributed by atoms with Crippen LogP contribution in [-0.2, 0) is 0 Å². The molecule has 3 nitrogen and oxygen atoms in total. The Morgan fingerprint density at radius 1 is 0.806 bits per heavy atom. The van der Waals surface area contributed by atoms with Crippen LogP contribution in [0.4, 0.5) is 0 Å². The van der Waals surface area contributed by atoms with E-state index in [1.165, 1.54) is 10.4 Å². The fourth-order valence-electron chi connectivity index (χ4n) is 4.87. The van der Waals surface area contributed by atoms with Crippen LogP contribution in [0.1, 0.15) is 76.2 Å². The van der Waals surface area contributed by atoms with Gasteiger partial charge in [0.1, 0.15) is 10.8 Å². The fourth-order valence-corrected chi connectivity index (χ4v) is 8.07. The molecule has 2 radical (unpaired) electrons. The second-order valence-corrected chi connectivity index (χ2v) is 15.9. The third-order valence-electron chi connectivity index (χ3n) is 6.31. The maximum atomic E-state index is 7.07. The molecular formula is C25H48B2N3Si+. The van der Waals surface area contributed by atoms with Gasteiger partial charge >= 0.3 is 15.0 Å². The molecule has 0 atom stereocenters. The van der Waals surface area contributed by atoms with E-state index in [4.69, 9.17) is 7.98 Å². The molecule has 172 valence electrons.